The first-order valence-corrected chi connectivity index (χ1v) is 18.3. The normalized spacial score (nSPS) is 11.5. The Morgan fingerprint density at radius 1 is 0.980 bits per heavy atom. The molecule has 0 aliphatic rings. The summed E-state index contributed by atoms with van der Waals surface area (Å²) in [6.07, 6.45) is 7.05. The van der Waals surface area contributed by atoms with Crippen LogP contribution in [0.4, 0.5) is 5.82 Å². The van der Waals surface area contributed by atoms with Crippen molar-refractivity contribution in [1.29, 1.82) is 0 Å². The van der Waals surface area contributed by atoms with E-state index in [0.717, 1.165) is 12.1 Å². The molecule has 0 unspecified atom stereocenters. The molecule has 0 aliphatic carbocycles. The quantitative estimate of drug-likeness (QED) is 0.0261. The molecule has 0 saturated heterocycles. The second-order valence-corrected chi connectivity index (χ2v) is 13.5. The number of pyridine rings is 2. The lowest BCUT2D eigenvalue weighted by atomic mass is 10.2. The van der Waals surface area contributed by atoms with Crippen LogP contribution in [0.25, 0.3) is 6.08 Å². The van der Waals surface area contributed by atoms with Crippen LogP contribution in [0.5, 0.6) is 5.75 Å². The molecule has 0 bridgehead atoms. The summed E-state index contributed by atoms with van der Waals surface area (Å²) < 4.78 is 38.2. The Morgan fingerprint density at radius 2 is 1.74 bits per heavy atom. The number of amides is 2. The molecule has 0 spiro atoms. The molecule has 4 rings (SSSR count). The number of rotatable bonds is 17. The Morgan fingerprint density at radius 3 is 2.46 bits per heavy atom. The van der Waals surface area contributed by atoms with E-state index in [2.05, 4.69) is 58.2 Å². The van der Waals surface area contributed by atoms with Crippen LogP contribution < -0.4 is 20.8 Å². The minimum absolute atomic E-state index is 0.193. The molecule has 4 aromatic rings. The van der Waals surface area contributed by atoms with Gasteiger partial charge < -0.3 is 15.4 Å². The average molecular weight is 717 g/mol. The smallest absolute Gasteiger partial charge is 0.295 e. The van der Waals surface area contributed by atoms with Crippen molar-refractivity contribution < 1.29 is 27.3 Å². The van der Waals surface area contributed by atoms with Gasteiger partial charge in [0.1, 0.15) is 22.2 Å². The zero-order valence-electron chi connectivity index (χ0n) is 28.0. The van der Waals surface area contributed by atoms with Gasteiger partial charge in [-0.3, -0.25) is 19.6 Å². The van der Waals surface area contributed by atoms with Gasteiger partial charge in [0.15, 0.2) is 0 Å². The summed E-state index contributed by atoms with van der Waals surface area (Å²) in [5, 5.41) is 9.57. The molecule has 2 aromatic heterocycles. The summed E-state index contributed by atoms with van der Waals surface area (Å²) in [5.41, 5.74) is 7.09. The van der Waals surface area contributed by atoms with Gasteiger partial charge in [-0.15, -0.1) is 11.8 Å². The van der Waals surface area contributed by atoms with Crippen LogP contribution in [-0.2, 0) is 20.7 Å². The van der Waals surface area contributed by atoms with E-state index in [9.17, 15) is 22.6 Å². The fourth-order valence-electron chi connectivity index (χ4n) is 4.61. The summed E-state index contributed by atoms with van der Waals surface area (Å²) in [6, 6.07) is 19.0. The van der Waals surface area contributed by atoms with Crippen molar-refractivity contribution >= 4 is 51.8 Å². The number of carbonyl (C=O) groups is 2. The van der Waals surface area contributed by atoms with Crippen molar-refractivity contribution in [3.05, 3.63) is 113 Å². The van der Waals surface area contributed by atoms with E-state index in [1.54, 1.807) is 36.0 Å². The maximum absolute atomic E-state index is 12.6. The van der Waals surface area contributed by atoms with E-state index in [4.69, 9.17) is 9.72 Å². The van der Waals surface area contributed by atoms with Crippen LogP contribution >= 0.6 is 11.8 Å². The van der Waals surface area contributed by atoms with E-state index in [1.165, 1.54) is 52.7 Å². The first-order chi connectivity index (χ1) is 24.0. The number of nitrogens with one attached hydrogen (secondary N) is 3. The Kier molecular flexibility index (Phi) is 14.1. The summed E-state index contributed by atoms with van der Waals surface area (Å²) in [5.74, 6) is 1.00. The van der Waals surface area contributed by atoms with Gasteiger partial charge in [-0.05, 0) is 74.2 Å². The fourth-order valence-corrected chi connectivity index (χ4v) is 6.33. The molecule has 2 aromatic carbocycles. The van der Waals surface area contributed by atoms with Crippen LogP contribution in [0.3, 0.4) is 0 Å². The lowest BCUT2D eigenvalue weighted by molar-refractivity contribution is -0.116. The number of hydrogen-bond donors (Lipinski definition) is 4. The zero-order valence-corrected chi connectivity index (χ0v) is 29.7. The molecule has 14 heteroatoms. The number of thioether (sulfide) groups is 1. The standard InChI is InChI=1S/C36H40N6O6S2/c1-4-21-48-31-16-14-29(24-49-35-25(2)9-7-10-26(35)3)41-30(31)15-18-34(43)37-19-8-20-38-36(44)28-13-17-33(39-22-28)42-40-23-27-11-5-6-12-32(27)50(45,46)47/h5-7,9-18,22-23H,4,8,19-21,24H2,1-3H3,(H,37,43)(H,38,44)(H,39,42)(H,45,46,47)/b18-15+,40-23-. The van der Waals surface area contributed by atoms with Crippen molar-refractivity contribution in [2.75, 3.05) is 25.1 Å². The van der Waals surface area contributed by atoms with Crippen molar-refractivity contribution in [1.82, 2.24) is 20.6 Å². The predicted octanol–water partition coefficient (Wildman–Crippen LogP) is 5.82. The molecule has 12 nitrogen and oxygen atoms in total. The number of hydrogen-bond acceptors (Lipinski definition) is 10. The number of aromatic nitrogens is 2. The van der Waals surface area contributed by atoms with Gasteiger partial charge in [0.25, 0.3) is 16.0 Å². The highest BCUT2D eigenvalue weighted by atomic mass is 32.2. The van der Waals surface area contributed by atoms with Crippen molar-refractivity contribution in [3.8, 4) is 5.75 Å². The highest BCUT2D eigenvalue weighted by molar-refractivity contribution is 7.98. The van der Waals surface area contributed by atoms with Crippen LogP contribution in [0.2, 0.25) is 0 Å². The third kappa shape index (κ3) is 11.5. The van der Waals surface area contributed by atoms with E-state index in [-0.39, 0.29) is 22.3 Å². The van der Waals surface area contributed by atoms with Crippen molar-refractivity contribution in [2.45, 2.75) is 49.2 Å². The fraction of sp³-hybridized carbons (Fsp3) is 0.250. The van der Waals surface area contributed by atoms with Gasteiger partial charge in [0.05, 0.1) is 24.1 Å². The Bertz CT molecular complexity index is 1930. The molecular weight excluding hydrogens is 677 g/mol. The molecule has 0 saturated carbocycles. The van der Waals surface area contributed by atoms with E-state index in [1.807, 2.05) is 19.1 Å². The number of aryl methyl sites for hydroxylation is 2. The third-order valence-corrected chi connectivity index (χ3v) is 9.42. The molecule has 50 heavy (non-hydrogen) atoms. The van der Waals surface area contributed by atoms with Crippen LogP contribution in [0.15, 0.2) is 93.9 Å². The average Bonchev–Trinajstić information content (AvgIpc) is 3.10. The van der Waals surface area contributed by atoms with Gasteiger partial charge in [-0.2, -0.15) is 13.5 Å². The topological polar surface area (TPSA) is 172 Å². The number of nitrogens with zero attached hydrogens (tertiary/aromatic N) is 3. The molecule has 0 fully saturated rings. The monoisotopic (exact) mass is 716 g/mol. The second-order valence-electron chi connectivity index (χ2n) is 11.1. The zero-order chi connectivity index (χ0) is 35.9. The molecule has 0 atom stereocenters. The van der Waals surface area contributed by atoms with E-state index < -0.39 is 10.1 Å². The van der Waals surface area contributed by atoms with Gasteiger partial charge in [-0.25, -0.2) is 9.97 Å². The molecule has 2 amide bonds. The minimum atomic E-state index is -4.40. The number of carbonyl (C=O) groups excluding carboxylic acids is 2. The molecular formula is C36H40N6O6S2. The van der Waals surface area contributed by atoms with Crippen LogP contribution in [0, 0.1) is 13.8 Å². The molecule has 0 aliphatic heterocycles. The number of ether oxygens (including phenoxy) is 1. The summed E-state index contributed by atoms with van der Waals surface area (Å²) in [6.45, 7) is 7.45. The van der Waals surface area contributed by atoms with Crippen molar-refractivity contribution in [2.24, 2.45) is 5.10 Å². The predicted molar refractivity (Wildman–Crippen MR) is 196 cm³/mol. The Balaban J connectivity index is 1.22. The lowest BCUT2D eigenvalue weighted by Crippen LogP contribution is -2.29. The number of benzene rings is 2. The largest absolute Gasteiger partial charge is 0.491 e. The highest BCUT2D eigenvalue weighted by Gasteiger charge is 2.13. The lowest BCUT2D eigenvalue weighted by Gasteiger charge is -2.11. The number of anilines is 1. The minimum Gasteiger partial charge on any atom is -0.491 e. The maximum atomic E-state index is 12.6. The molecule has 4 N–H and O–H groups in total. The third-order valence-electron chi connectivity index (χ3n) is 7.11. The first kappa shape index (κ1) is 37.8. The van der Waals surface area contributed by atoms with Crippen LogP contribution in [0.1, 0.15) is 58.2 Å². The van der Waals surface area contributed by atoms with Crippen LogP contribution in [-0.4, -0.2) is 60.7 Å². The second kappa shape index (κ2) is 18.6. The van der Waals surface area contributed by atoms with Gasteiger partial charge in [0, 0.05) is 41.6 Å². The SMILES string of the molecule is CCCOc1ccc(CSc2c(C)cccc2C)nc1/C=C/C(=O)NCCCNC(=O)c1ccc(N/N=C\c2ccccc2S(=O)(=O)O)nc1. The maximum Gasteiger partial charge on any atom is 0.295 e. The summed E-state index contributed by atoms with van der Waals surface area (Å²) >= 11 is 1.73. The highest BCUT2D eigenvalue weighted by Crippen LogP contribution is 2.30. The summed E-state index contributed by atoms with van der Waals surface area (Å²) in [4.78, 5) is 35.0. The van der Waals surface area contributed by atoms with E-state index >= 15 is 0 Å². The summed E-state index contributed by atoms with van der Waals surface area (Å²) in [7, 11) is -4.40. The van der Waals surface area contributed by atoms with Gasteiger partial charge in [0.2, 0.25) is 5.91 Å². The first-order valence-electron chi connectivity index (χ1n) is 15.9. The van der Waals surface area contributed by atoms with Gasteiger partial charge in [-0.1, -0.05) is 43.3 Å². The van der Waals surface area contributed by atoms with E-state index in [0.29, 0.717) is 54.7 Å². The number of hydrazone groups is 1. The Hall–Kier alpha value is -5.05. The van der Waals surface area contributed by atoms with Crippen molar-refractivity contribution in [3.63, 3.8) is 0 Å². The van der Waals surface area contributed by atoms with Gasteiger partial charge >= 0.3 is 0 Å². The molecule has 2 heterocycles. The molecule has 0 radical (unpaired) electrons. The molecule has 262 valence electrons. The Labute approximate surface area is 296 Å².